The van der Waals surface area contributed by atoms with Gasteiger partial charge < -0.3 is 19.7 Å². The molecular weight excluding hydrogens is 421 g/mol. The second-order valence-corrected chi connectivity index (χ2v) is 6.09. The minimum Gasteiger partial charge on any atom is -0.469 e. The zero-order valence-electron chi connectivity index (χ0n) is 15.4. The summed E-state index contributed by atoms with van der Waals surface area (Å²) in [6, 6.07) is 0. The van der Waals surface area contributed by atoms with Gasteiger partial charge >= 0.3 is 5.97 Å². The first-order valence-electron chi connectivity index (χ1n) is 8.81. The van der Waals surface area contributed by atoms with Gasteiger partial charge in [-0.25, -0.2) is 0 Å². The number of hydrogen-bond acceptors (Lipinski definition) is 4. The molecule has 1 heterocycles. The molecule has 1 atom stereocenters. The number of esters is 1. The highest BCUT2D eigenvalue weighted by Gasteiger charge is 2.18. The highest BCUT2D eigenvalue weighted by atomic mass is 127. The molecule has 0 saturated carbocycles. The largest absolute Gasteiger partial charge is 0.469 e. The van der Waals surface area contributed by atoms with Crippen molar-refractivity contribution in [3.05, 3.63) is 0 Å². The molecule has 1 aliphatic rings. The summed E-state index contributed by atoms with van der Waals surface area (Å²) >= 11 is 0. The van der Waals surface area contributed by atoms with Crippen LogP contribution in [0.5, 0.6) is 0 Å². The maximum absolute atomic E-state index is 11.0. The molecule has 142 valence electrons. The lowest BCUT2D eigenvalue weighted by Gasteiger charge is -2.24. The van der Waals surface area contributed by atoms with E-state index in [1.807, 2.05) is 0 Å². The highest BCUT2D eigenvalue weighted by molar-refractivity contribution is 14.0. The van der Waals surface area contributed by atoms with E-state index >= 15 is 0 Å². The zero-order chi connectivity index (χ0) is 16.9. The van der Waals surface area contributed by atoms with Crippen LogP contribution in [-0.4, -0.2) is 63.8 Å². The molecule has 0 spiro atoms. The number of aliphatic imine (C=N–C) groups is 1. The first-order valence-corrected chi connectivity index (χ1v) is 8.81. The van der Waals surface area contributed by atoms with Crippen molar-refractivity contribution in [2.45, 2.75) is 45.4 Å². The summed E-state index contributed by atoms with van der Waals surface area (Å²) in [4.78, 5) is 17.9. The van der Waals surface area contributed by atoms with E-state index in [1.54, 1.807) is 0 Å². The number of carbonyl (C=O) groups excluding carboxylic acids is 1. The van der Waals surface area contributed by atoms with Crippen LogP contribution in [0.15, 0.2) is 4.99 Å². The van der Waals surface area contributed by atoms with Gasteiger partial charge in [0, 0.05) is 45.6 Å². The molecule has 0 bridgehead atoms. The van der Waals surface area contributed by atoms with Gasteiger partial charge in [0.25, 0.3) is 0 Å². The molecule has 1 aliphatic heterocycles. The van der Waals surface area contributed by atoms with Gasteiger partial charge in [-0.1, -0.05) is 12.8 Å². The van der Waals surface area contributed by atoms with Crippen molar-refractivity contribution >= 4 is 35.9 Å². The van der Waals surface area contributed by atoms with E-state index in [4.69, 9.17) is 9.73 Å². The third kappa shape index (κ3) is 10.3. The van der Waals surface area contributed by atoms with Crippen molar-refractivity contribution in [3.8, 4) is 0 Å². The maximum atomic E-state index is 11.0. The molecule has 24 heavy (non-hydrogen) atoms. The lowest BCUT2D eigenvalue weighted by atomic mass is 10.1. The first kappa shape index (κ1) is 23.4. The maximum Gasteiger partial charge on any atom is 0.305 e. The van der Waals surface area contributed by atoms with Crippen LogP contribution >= 0.6 is 24.0 Å². The van der Waals surface area contributed by atoms with Crippen LogP contribution in [0.2, 0.25) is 0 Å². The number of nitrogens with one attached hydrogen (secondary N) is 1. The summed E-state index contributed by atoms with van der Waals surface area (Å²) in [7, 11) is 3.53. The van der Waals surface area contributed by atoms with Gasteiger partial charge in [-0.3, -0.25) is 9.79 Å². The number of carbonyl (C=O) groups is 1. The molecule has 0 aromatic heterocycles. The summed E-state index contributed by atoms with van der Waals surface area (Å²) < 4.78 is 10.1. The van der Waals surface area contributed by atoms with Gasteiger partial charge in [0.05, 0.1) is 13.7 Å². The topological polar surface area (TPSA) is 63.2 Å². The van der Waals surface area contributed by atoms with E-state index in [2.05, 4.69) is 28.9 Å². The summed E-state index contributed by atoms with van der Waals surface area (Å²) in [5.74, 6) is 1.48. The summed E-state index contributed by atoms with van der Waals surface area (Å²) in [5, 5.41) is 3.35. The van der Waals surface area contributed by atoms with Crippen LogP contribution in [0.25, 0.3) is 0 Å². The van der Waals surface area contributed by atoms with Gasteiger partial charge in [0.15, 0.2) is 5.96 Å². The molecule has 1 fully saturated rings. The third-order valence-electron chi connectivity index (χ3n) is 4.03. The van der Waals surface area contributed by atoms with E-state index in [-0.39, 0.29) is 29.9 Å². The molecule has 0 aliphatic carbocycles. The number of guanidine groups is 1. The van der Waals surface area contributed by atoms with E-state index in [9.17, 15) is 4.79 Å². The van der Waals surface area contributed by atoms with Gasteiger partial charge in [-0.15, -0.1) is 24.0 Å². The normalized spacial score (nSPS) is 17.3. The molecule has 0 aromatic rings. The van der Waals surface area contributed by atoms with Crippen LogP contribution in [0.3, 0.4) is 0 Å². The average Bonchev–Trinajstić information content (AvgIpc) is 3.05. The van der Waals surface area contributed by atoms with Crippen molar-refractivity contribution in [1.29, 1.82) is 0 Å². The van der Waals surface area contributed by atoms with Crippen LogP contribution in [0.1, 0.15) is 45.4 Å². The predicted octanol–water partition coefficient (Wildman–Crippen LogP) is 2.66. The Bertz CT molecular complexity index is 361. The van der Waals surface area contributed by atoms with Gasteiger partial charge in [-0.2, -0.15) is 0 Å². The van der Waals surface area contributed by atoms with Crippen LogP contribution in [-0.2, 0) is 14.3 Å². The monoisotopic (exact) mass is 455 g/mol. The van der Waals surface area contributed by atoms with Crippen LogP contribution in [0.4, 0.5) is 0 Å². The number of hydrogen-bond donors (Lipinski definition) is 1. The Kier molecular flexibility index (Phi) is 14.4. The molecule has 1 N–H and O–H groups in total. The number of ether oxygens (including phenoxy) is 2. The zero-order valence-corrected chi connectivity index (χ0v) is 17.7. The van der Waals surface area contributed by atoms with Gasteiger partial charge in [0.2, 0.25) is 0 Å². The molecule has 1 unspecified atom stereocenters. The fraction of sp³-hybridized carbons (Fsp3) is 0.882. The lowest BCUT2D eigenvalue weighted by Crippen LogP contribution is -2.41. The number of rotatable bonds is 10. The minimum absolute atomic E-state index is 0. The number of nitrogens with zero attached hydrogens (tertiary/aromatic N) is 2. The van der Waals surface area contributed by atoms with E-state index in [0.29, 0.717) is 12.3 Å². The second kappa shape index (κ2) is 14.7. The Hall–Kier alpha value is -0.570. The highest BCUT2D eigenvalue weighted by Crippen LogP contribution is 2.13. The number of unbranched alkanes of at least 4 members (excludes halogenated alkanes) is 3. The molecule has 6 nitrogen and oxygen atoms in total. The van der Waals surface area contributed by atoms with E-state index < -0.39 is 0 Å². The molecule has 1 saturated heterocycles. The Labute approximate surface area is 163 Å². The van der Waals surface area contributed by atoms with Crippen molar-refractivity contribution in [2.24, 2.45) is 10.9 Å². The fourth-order valence-corrected chi connectivity index (χ4v) is 2.69. The van der Waals surface area contributed by atoms with Crippen molar-refractivity contribution in [3.63, 3.8) is 0 Å². The number of methoxy groups -OCH3 is 1. The Morgan fingerprint density at radius 1 is 1.33 bits per heavy atom. The molecular formula is C17H34IN3O3. The Balaban J connectivity index is 0.00000529. The fourth-order valence-electron chi connectivity index (χ4n) is 2.69. The SMILES string of the molecule is CCNC(=NCCCCCCC(=O)OC)N(C)CC1CCOC1.I. The lowest BCUT2D eigenvalue weighted by molar-refractivity contribution is -0.140. The minimum atomic E-state index is -0.116. The quantitative estimate of drug-likeness (QED) is 0.181. The molecule has 0 amide bonds. The van der Waals surface area contributed by atoms with Crippen LogP contribution < -0.4 is 5.32 Å². The average molecular weight is 455 g/mol. The molecule has 0 aromatic carbocycles. The first-order chi connectivity index (χ1) is 11.2. The second-order valence-electron chi connectivity index (χ2n) is 6.09. The smallest absolute Gasteiger partial charge is 0.305 e. The standard InChI is InChI=1S/C17H33N3O3.HI/c1-4-18-17(20(2)13-15-10-12-23-14-15)19-11-8-6-5-7-9-16(21)22-3;/h15H,4-14H2,1-3H3,(H,18,19);1H. The van der Waals surface area contributed by atoms with E-state index in [0.717, 1.165) is 70.9 Å². The summed E-state index contributed by atoms with van der Waals surface area (Å²) in [6.45, 7) is 6.54. The van der Waals surface area contributed by atoms with Crippen molar-refractivity contribution in [1.82, 2.24) is 10.2 Å². The van der Waals surface area contributed by atoms with Crippen molar-refractivity contribution < 1.29 is 14.3 Å². The summed E-state index contributed by atoms with van der Waals surface area (Å²) in [6.07, 6.45) is 5.77. The van der Waals surface area contributed by atoms with Gasteiger partial charge in [0.1, 0.15) is 0 Å². The molecule has 1 rings (SSSR count). The van der Waals surface area contributed by atoms with E-state index in [1.165, 1.54) is 7.11 Å². The third-order valence-corrected chi connectivity index (χ3v) is 4.03. The Morgan fingerprint density at radius 2 is 2.08 bits per heavy atom. The predicted molar refractivity (Wildman–Crippen MR) is 108 cm³/mol. The van der Waals surface area contributed by atoms with Gasteiger partial charge in [-0.05, 0) is 26.2 Å². The molecule has 7 heteroatoms. The summed E-state index contributed by atoms with van der Waals surface area (Å²) in [5.41, 5.74) is 0. The molecule has 0 radical (unpaired) electrons. The van der Waals surface area contributed by atoms with Crippen molar-refractivity contribution in [2.75, 3.05) is 47.0 Å². The van der Waals surface area contributed by atoms with Crippen LogP contribution in [0, 0.1) is 5.92 Å². The Morgan fingerprint density at radius 3 is 2.71 bits per heavy atom. The number of halogens is 1.